The third-order valence-electron chi connectivity index (χ3n) is 25.7. The molecule has 0 spiro atoms. The summed E-state index contributed by atoms with van der Waals surface area (Å²) >= 11 is 0.810. The van der Waals surface area contributed by atoms with Gasteiger partial charge in [-0.2, -0.15) is 0 Å². The number of carboxylic acids is 1. The van der Waals surface area contributed by atoms with E-state index in [0.29, 0.717) is 64.2 Å². The number of likely N-dealkylation sites (N-methyl/N-ethyl adjacent to an activating group) is 3. The molecule has 766 valence electrons. The number of nitrogens with one attached hydrogen (secondary N) is 11. The summed E-state index contributed by atoms with van der Waals surface area (Å²) in [7, 11) is 3.96. The Kier molecular flexibility index (Phi) is 42.1. The molecular formula is C99H138N20O21S. The smallest absolute Gasteiger partial charge is 0.323 e. The summed E-state index contributed by atoms with van der Waals surface area (Å²) < 4.78 is 1.45. The fourth-order valence-corrected chi connectivity index (χ4v) is 18.8. The van der Waals surface area contributed by atoms with Gasteiger partial charge in [0.1, 0.15) is 84.8 Å². The second-order valence-corrected chi connectivity index (χ2v) is 38.4. The minimum Gasteiger partial charge on any atom is -0.508 e. The van der Waals surface area contributed by atoms with Crippen molar-refractivity contribution in [3.05, 3.63) is 138 Å². The molecule has 9 rings (SSSR count). The highest BCUT2D eigenvalue weighted by molar-refractivity contribution is 8.00. The fourth-order valence-electron chi connectivity index (χ4n) is 17.9. The Hall–Kier alpha value is -13.4. The number of nitrogens with two attached hydrogens (primary N) is 3. The number of hydrogen-bond acceptors (Lipinski definition) is 23. The van der Waals surface area contributed by atoms with Crippen molar-refractivity contribution in [1.29, 1.82) is 0 Å². The number of carboxylic acid groups (broad SMARTS) is 1. The topological polar surface area (TPSA) is 603 Å². The number of phenols is 1. The molecule has 0 bridgehead atoms. The average Bonchev–Trinajstić information content (AvgIpc) is 1.67. The van der Waals surface area contributed by atoms with Gasteiger partial charge >= 0.3 is 5.97 Å². The van der Waals surface area contributed by atoms with Gasteiger partial charge in [-0.25, -0.2) is 0 Å². The molecule has 3 fully saturated rings. The lowest BCUT2D eigenvalue weighted by Gasteiger charge is -2.36. The van der Waals surface area contributed by atoms with Crippen molar-refractivity contribution >= 4 is 140 Å². The number of aliphatic hydroxyl groups excluding tert-OH is 1. The van der Waals surface area contributed by atoms with Crippen molar-refractivity contribution in [2.75, 3.05) is 65.4 Å². The first-order chi connectivity index (χ1) is 67.1. The zero-order valence-electron chi connectivity index (χ0n) is 81.7. The number of Topliss-reactive ketones (excluding diaryl/α,β-unsaturated/α-hetero) is 1. The molecule has 15 atom stereocenters. The van der Waals surface area contributed by atoms with E-state index in [9.17, 15) is 63.3 Å². The third kappa shape index (κ3) is 31.3. The number of carbonyl (C=O) groups excluding carboxylic acids is 17. The summed E-state index contributed by atoms with van der Waals surface area (Å²) in [6, 6.07) is 8.74. The molecule has 16 amide bonds. The van der Waals surface area contributed by atoms with Crippen molar-refractivity contribution in [3.8, 4) is 5.75 Å². The largest absolute Gasteiger partial charge is 0.508 e. The number of fused-ring (bicyclic) bond motifs is 4. The fraction of sp³-hybridized carbons (Fsp3) is 0.535. The number of aliphatic carboxylic acids is 1. The molecule has 0 radical (unpaired) electrons. The minimum absolute atomic E-state index is 0.00617. The lowest BCUT2D eigenvalue weighted by Crippen LogP contribution is -2.61. The molecule has 3 aliphatic heterocycles. The van der Waals surface area contributed by atoms with Crippen LogP contribution in [0.2, 0.25) is 0 Å². The van der Waals surface area contributed by atoms with Crippen molar-refractivity contribution < 1.29 is 102 Å². The van der Waals surface area contributed by atoms with E-state index >= 15 is 38.4 Å². The Balaban J connectivity index is 1.11. The molecule has 3 aliphatic rings. The number of aromatic nitrogens is 2. The monoisotopic (exact) mass is 1980 g/mol. The SMILES string of the molecule is CCCC[C@H]1C(=O)N(C)[C@@H](CCCC)C(=O)N[C@@H](CC(C)C)C(=O)N[C@H](C(=O)NCC(=O)NCc2ccccc2)CSCC(=O)N[C@@H](Cc2ccc(O)cc2)C(=O)N(C)[C@@H](C)C(=O)N[C@@H](CC(N)=O)C(=O)N2CCC[C@H]2C(=O)N[C@@H](CN)C(=O)N[C@@H](CC(C)C)C(=O)N2C[C@H](O)C[C@H]2C(=O)C[C@@H](Cc2c[nH]c3ccccc23)C(=O)N[C@@H](CCN)C(=O)N[C@@H](Cc2cn(CC(=O)O)c3ccccc23)C(=O)N1C. The third-order valence-corrected chi connectivity index (χ3v) is 26.7. The summed E-state index contributed by atoms with van der Waals surface area (Å²) in [4.78, 5) is 274. The van der Waals surface area contributed by atoms with Crippen LogP contribution in [-0.4, -0.2) is 306 Å². The molecule has 2 aromatic heterocycles. The molecule has 0 aliphatic carbocycles. The molecule has 20 N–H and O–H groups in total. The Labute approximate surface area is 823 Å². The van der Waals surface area contributed by atoms with E-state index in [-0.39, 0.29) is 108 Å². The van der Waals surface area contributed by atoms with Gasteiger partial charge in [0.25, 0.3) is 0 Å². The highest BCUT2D eigenvalue weighted by atomic mass is 32.2. The second kappa shape index (κ2) is 53.3. The van der Waals surface area contributed by atoms with Gasteiger partial charge in [-0.15, -0.1) is 11.8 Å². The first-order valence-electron chi connectivity index (χ1n) is 48.1. The molecule has 3 saturated heterocycles. The number of unbranched alkanes of at least 4 members (excludes halogenated alkanes) is 2. The zero-order valence-corrected chi connectivity index (χ0v) is 82.5. The number of primary amides is 1. The number of benzene rings is 4. The maximum Gasteiger partial charge on any atom is 0.323 e. The lowest BCUT2D eigenvalue weighted by atomic mass is 9.90. The first-order valence-corrected chi connectivity index (χ1v) is 49.3. The van der Waals surface area contributed by atoms with Gasteiger partial charge in [-0.05, 0) is 123 Å². The number of carbonyl (C=O) groups is 18. The molecule has 42 heteroatoms. The van der Waals surface area contributed by atoms with Crippen LogP contribution in [0.25, 0.3) is 21.8 Å². The van der Waals surface area contributed by atoms with Crippen LogP contribution in [0.15, 0.2) is 116 Å². The second-order valence-electron chi connectivity index (χ2n) is 37.4. The molecule has 5 heterocycles. The molecule has 0 unspecified atom stereocenters. The van der Waals surface area contributed by atoms with E-state index < -0.39 is 247 Å². The maximum atomic E-state index is 16.1. The van der Waals surface area contributed by atoms with Crippen LogP contribution >= 0.6 is 11.8 Å². The Morgan fingerprint density at radius 2 is 1.13 bits per heavy atom. The van der Waals surface area contributed by atoms with Gasteiger partial charge in [-0.3, -0.25) is 86.3 Å². The van der Waals surface area contributed by atoms with Crippen LogP contribution in [0.5, 0.6) is 5.75 Å². The van der Waals surface area contributed by atoms with E-state index in [0.717, 1.165) is 36.9 Å². The normalized spacial score (nSPS) is 24.3. The van der Waals surface area contributed by atoms with E-state index in [2.05, 4.69) is 58.2 Å². The minimum atomic E-state index is -1.77. The predicted molar refractivity (Wildman–Crippen MR) is 525 cm³/mol. The number of nitrogens with zero attached hydrogens (tertiary/aromatic N) is 6. The van der Waals surface area contributed by atoms with Crippen LogP contribution in [0, 0.1) is 17.8 Å². The number of para-hydroxylation sites is 2. The highest BCUT2D eigenvalue weighted by Gasteiger charge is 2.47. The Morgan fingerprint density at radius 3 is 1.79 bits per heavy atom. The standard InChI is InChI=1S/C99H138N20O21S/c1-11-13-28-78-93(134)108-70(39-56(3)4)91(132)113-76(89(130)105-50-84(124)104-48-60-23-16-15-17-24-60)54-141-55-85(125)106-72(41-59-32-34-64(120)35-33-59)95(136)114(8)58(7)87(128)109-74(46-83(102)123)97(138)118-38-22-31-79(118)94(135)112-75(47-101)92(133)110-71(40-57(5)6)98(139)119-52-65(121)45-81(119)82(122)44-61(42-62-49-103-68-27-20-18-25-66(62)68)88(129)107-69(36-37-100)90(131)111-73(96(137)116(10)80(29-14-12-2)99(140)115(78)9)43-63-51-117(53-86(126)127)77-30-21-19-26-67(63)77/h15-21,23-27,30,32-35,49,51,56-58,61,65,69-76,78-81,103,120-121H,11-14,22,28-29,31,36-48,50,52-55,100-101H2,1-10H3,(H2,102,123)(H,104,124)(H,105,130)(H,106,125)(H,107,129)(H,108,134)(H,109,128)(H,110,133)(H,111,131)(H,112,135)(H,113,132)(H,126,127)/t58-,61+,65+,69-,70-,71-,72-,73-,74-,75-,76-,78-,79-,80-,81-/m0/s1. The first kappa shape index (κ1) is 111. The molecule has 4 aromatic carbocycles. The van der Waals surface area contributed by atoms with Crippen LogP contribution in [0.3, 0.4) is 0 Å². The molecule has 41 nitrogen and oxygen atoms in total. The van der Waals surface area contributed by atoms with Crippen LogP contribution < -0.4 is 70.4 Å². The summed E-state index contributed by atoms with van der Waals surface area (Å²) in [5.41, 5.74) is 21.4. The number of H-pyrrole nitrogens is 1. The summed E-state index contributed by atoms with van der Waals surface area (Å²) in [6.07, 6.45) is 0.695. The van der Waals surface area contributed by atoms with Crippen molar-refractivity contribution in [1.82, 2.24) is 87.2 Å². The van der Waals surface area contributed by atoms with Crippen molar-refractivity contribution in [2.24, 2.45) is 35.0 Å². The van der Waals surface area contributed by atoms with Crippen LogP contribution in [0.4, 0.5) is 0 Å². The lowest BCUT2D eigenvalue weighted by molar-refractivity contribution is -0.149. The van der Waals surface area contributed by atoms with Gasteiger partial charge in [-0.1, -0.05) is 146 Å². The molecular weight excluding hydrogens is 1840 g/mol. The number of aromatic amines is 1. The van der Waals surface area contributed by atoms with Gasteiger partial charge in [0.15, 0.2) is 5.78 Å². The number of amides is 16. The van der Waals surface area contributed by atoms with E-state index in [1.54, 1.807) is 113 Å². The number of aliphatic hydroxyl groups is 1. The van der Waals surface area contributed by atoms with E-state index in [1.807, 2.05) is 13.8 Å². The predicted octanol–water partition coefficient (Wildman–Crippen LogP) is 0.683. The summed E-state index contributed by atoms with van der Waals surface area (Å²) in [6.45, 7) is 9.63. The van der Waals surface area contributed by atoms with Crippen molar-refractivity contribution in [2.45, 2.75) is 255 Å². The Morgan fingerprint density at radius 1 is 0.553 bits per heavy atom. The number of hydrogen-bond donors (Lipinski definition) is 17. The van der Waals surface area contributed by atoms with Crippen molar-refractivity contribution in [3.63, 3.8) is 0 Å². The quantitative estimate of drug-likeness (QED) is 0.0321. The average molecular weight is 1980 g/mol. The molecule has 6 aromatic rings. The molecule has 141 heavy (non-hydrogen) atoms. The maximum absolute atomic E-state index is 16.1. The number of thioether (sulfide) groups is 1. The van der Waals surface area contributed by atoms with E-state index in [4.69, 9.17) is 17.2 Å². The zero-order chi connectivity index (χ0) is 103. The van der Waals surface area contributed by atoms with Gasteiger partial charge < -0.3 is 120 Å². The summed E-state index contributed by atoms with van der Waals surface area (Å²) in [5, 5.41) is 60.1. The number of rotatable bonds is 28. The van der Waals surface area contributed by atoms with Gasteiger partial charge in [0, 0.05) is 119 Å². The highest BCUT2D eigenvalue weighted by Crippen LogP contribution is 2.31. The van der Waals surface area contributed by atoms with Crippen LogP contribution in [0.1, 0.15) is 161 Å². The number of ketones is 1. The van der Waals surface area contributed by atoms with Gasteiger partial charge in [0.2, 0.25) is 94.5 Å². The molecule has 0 saturated carbocycles. The number of phenolic OH excluding ortho intramolecular Hbond substituents is 1. The number of aromatic hydroxyl groups is 1. The summed E-state index contributed by atoms with van der Waals surface area (Å²) in [5.74, 6) is -19.2. The van der Waals surface area contributed by atoms with Crippen LogP contribution in [-0.2, 0) is 119 Å². The Bertz CT molecular complexity index is 5420. The van der Waals surface area contributed by atoms with Gasteiger partial charge in [0.05, 0.1) is 30.9 Å². The van der Waals surface area contributed by atoms with E-state index in [1.165, 1.54) is 68.0 Å².